The summed E-state index contributed by atoms with van der Waals surface area (Å²) in [6.45, 7) is 2.47. The van der Waals surface area contributed by atoms with Crippen LogP contribution in [0.15, 0.2) is 23.6 Å². The second kappa shape index (κ2) is 9.39. The standard InChI is InChI=1S/C18H25N3O3S/c1-4-5-6-14(19)18-21-15(11-25-18)17(22)20-10-12-7-8-13(23-2)9-16(12)24-3/h7-9,11,14H,4-6,10,19H2,1-3H3,(H,20,22). The van der Waals surface area contributed by atoms with Gasteiger partial charge in [-0.1, -0.05) is 19.8 Å². The van der Waals surface area contributed by atoms with Crippen LogP contribution in [0.4, 0.5) is 0 Å². The topological polar surface area (TPSA) is 86.5 Å². The van der Waals surface area contributed by atoms with Crippen molar-refractivity contribution in [3.8, 4) is 11.5 Å². The predicted octanol–water partition coefficient (Wildman–Crippen LogP) is 3.28. The van der Waals surface area contributed by atoms with E-state index in [1.54, 1.807) is 25.7 Å². The number of carbonyl (C=O) groups excluding carboxylic acids is 1. The lowest BCUT2D eigenvalue weighted by Crippen LogP contribution is -2.23. The maximum Gasteiger partial charge on any atom is 0.271 e. The first-order valence-corrected chi connectivity index (χ1v) is 9.17. The average molecular weight is 363 g/mol. The van der Waals surface area contributed by atoms with Crippen molar-refractivity contribution in [3.63, 3.8) is 0 Å². The van der Waals surface area contributed by atoms with Crippen molar-refractivity contribution < 1.29 is 14.3 Å². The summed E-state index contributed by atoms with van der Waals surface area (Å²) >= 11 is 1.43. The van der Waals surface area contributed by atoms with Gasteiger partial charge in [0.1, 0.15) is 22.2 Å². The van der Waals surface area contributed by atoms with Gasteiger partial charge < -0.3 is 20.5 Å². The number of hydrogen-bond acceptors (Lipinski definition) is 6. The second-order valence-electron chi connectivity index (χ2n) is 5.68. The SMILES string of the molecule is CCCCC(N)c1nc(C(=O)NCc2ccc(OC)cc2OC)cs1. The number of amides is 1. The van der Waals surface area contributed by atoms with Gasteiger partial charge in [0.05, 0.1) is 20.3 Å². The largest absolute Gasteiger partial charge is 0.497 e. The number of ether oxygens (including phenoxy) is 2. The smallest absolute Gasteiger partial charge is 0.271 e. The van der Waals surface area contributed by atoms with Crippen LogP contribution in [0, 0.1) is 0 Å². The van der Waals surface area contributed by atoms with Gasteiger partial charge in [0.15, 0.2) is 0 Å². The first kappa shape index (κ1) is 19.2. The lowest BCUT2D eigenvalue weighted by molar-refractivity contribution is 0.0946. The van der Waals surface area contributed by atoms with Crippen LogP contribution in [0.1, 0.15) is 53.3 Å². The van der Waals surface area contributed by atoms with Gasteiger partial charge in [0.25, 0.3) is 5.91 Å². The van der Waals surface area contributed by atoms with Gasteiger partial charge in [0.2, 0.25) is 0 Å². The van der Waals surface area contributed by atoms with Crippen LogP contribution in [0.25, 0.3) is 0 Å². The number of aromatic nitrogens is 1. The molecule has 6 nitrogen and oxygen atoms in total. The molecule has 1 aromatic carbocycles. The molecule has 1 atom stereocenters. The first-order valence-electron chi connectivity index (χ1n) is 8.29. The van der Waals surface area contributed by atoms with Crippen LogP contribution >= 0.6 is 11.3 Å². The van der Waals surface area contributed by atoms with Crippen molar-refractivity contribution in [2.24, 2.45) is 5.73 Å². The minimum atomic E-state index is -0.219. The molecule has 136 valence electrons. The molecular weight excluding hydrogens is 338 g/mol. The fourth-order valence-electron chi connectivity index (χ4n) is 2.37. The quantitative estimate of drug-likeness (QED) is 0.714. The molecule has 7 heteroatoms. The Morgan fingerprint density at radius 3 is 2.84 bits per heavy atom. The lowest BCUT2D eigenvalue weighted by Gasteiger charge is -2.11. The molecule has 2 aromatic rings. The number of nitrogens with two attached hydrogens (primary N) is 1. The number of rotatable bonds is 9. The number of carbonyl (C=O) groups is 1. The van der Waals surface area contributed by atoms with Gasteiger partial charge in [0, 0.05) is 23.6 Å². The highest BCUT2D eigenvalue weighted by Gasteiger charge is 2.15. The summed E-state index contributed by atoms with van der Waals surface area (Å²) in [7, 11) is 3.19. The van der Waals surface area contributed by atoms with E-state index in [-0.39, 0.29) is 11.9 Å². The lowest BCUT2D eigenvalue weighted by atomic mass is 10.1. The zero-order chi connectivity index (χ0) is 18.2. The number of nitrogens with zero attached hydrogens (tertiary/aromatic N) is 1. The fourth-order valence-corrected chi connectivity index (χ4v) is 3.21. The fraction of sp³-hybridized carbons (Fsp3) is 0.444. The summed E-state index contributed by atoms with van der Waals surface area (Å²) in [6, 6.07) is 5.38. The molecule has 3 N–H and O–H groups in total. The molecule has 0 bridgehead atoms. The van der Waals surface area contributed by atoms with Gasteiger partial charge in [-0.05, 0) is 18.6 Å². The summed E-state index contributed by atoms with van der Waals surface area (Å²) in [5, 5.41) is 5.42. The summed E-state index contributed by atoms with van der Waals surface area (Å²) in [5.74, 6) is 1.15. The van der Waals surface area contributed by atoms with E-state index >= 15 is 0 Å². The molecule has 0 saturated carbocycles. The summed E-state index contributed by atoms with van der Waals surface area (Å²) in [4.78, 5) is 16.7. The average Bonchev–Trinajstić information content (AvgIpc) is 3.14. The van der Waals surface area contributed by atoms with Gasteiger partial charge >= 0.3 is 0 Å². The Morgan fingerprint density at radius 2 is 2.16 bits per heavy atom. The Bertz CT molecular complexity index is 703. The maximum absolute atomic E-state index is 12.3. The third-order valence-electron chi connectivity index (χ3n) is 3.87. The molecule has 0 radical (unpaired) electrons. The van der Waals surface area contributed by atoms with Crippen molar-refractivity contribution in [1.82, 2.24) is 10.3 Å². The molecule has 0 fully saturated rings. The van der Waals surface area contributed by atoms with E-state index in [0.717, 1.165) is 29.8 Å². The van der Waals surface area contributed by atoms with Crippen molar-refractivity contribution in [2.75, 3.05) is 14.2 Å². The molecule has 0 aliphatic carbocycles. The zero-order valence-electron chi connectivity index (χ0n) is 14.9. The van der Waals surface area contributed by atoms with Crippen LogP contribution in [0.5, 0.6) is 11.5 Å². The molecule has 1 unspecified atom stereocenters. The molecule has 1 aromatic heterocycles. The molecule has 1 heterocycles. The number of nitrogens with one attached hydrogen (secondary N) is 1. The van der Waals surface area contributed by atoms with Crippen molar-refractivity contribution in [1.29, 1.82) is 0 Å². The normalized spacial score (nSPS) is 11.8. The Labute approximate surface area is 152 Å². The molecule has 0 saturated heterocycles. The van der Waals surface area contributed by atoms with Crippen LogP contribution in [0.3, 0.4) is 0 Å². The van der Waals surface area contributed by atoms with Crippen LogP contribution < -0.4 is 20.5 Å². The Hall–Kier alpha value is -2.12. The molecule has 0 aliphatic heterocycles. The molecule has 2 rings (SSSR count). The van der Waals surface area contributed by atoms with E-state index in [1.165, 1.54) is 11.3 Å². The highest BCUT2D eigenvalue weighted by atomic mass is 32.1. The van der Waals surface area contributed by atoms with E-state index in [1.807, 2.05) is 12.1 Å². The molecular formula is C18H25N3O3S. The molecule has 0 spiro atoms. The van der Waals surface area contributed by atoms with Crippen molar-refractivity contribution in [3.05, 3.63) is 39.8 Å². The van der Waals surface area contributed by atoms with Gasteiger partial charge in [-0.25, -0.2) is 4.98 Å². The number of methoxy groups -OCH3 is 2. The van der Waals surface area contributed by atoms with E-state index in [2.05, 4.69) is 17.2 Å². The number of unbranched alkanes of at least 4 members (excludes halogenated alkanes) is 1. The number of benzene rings is 1. The molecule has 25 heavy (non-hydrogen) atoms. The van der Waals surface area contributed by atoms with E-state index in [9.17, 15) is 4.79 Å². The summed E-state index contributed by atoms with van der Waals surface area (Å²) in [5.41, 5.74) is 7.38. The minimum absolute atomic E-state index is 0.104. The highest BCUT2D eigenvalue weighted by molar-refractivity contribution is 7.09. The zero-order valence-corrected chi connectivity index (χ0v) is 15.7. The van der Waals surface area contributed by atoms with Crippen molar-refractivity contribution >= 4 is 17.2 Å². The van der Waals surface area contributed by atoms with E-state index in [4.69, 9.17) is 15.2 Å². The van der Waals surface area contributed by atoms with Crippen LogP contribution in [-0.4, -0.2) is 25.1 Å². The number of hydrogen-bond donors (Lipinski definition) is 2. The van der Waals surface area contributed by atoms with Gasteiger partial charge in [-0.2, -0.15) is 0 Å². The van der Waals surface area contributed by atoms with E-state index in [0.29, 0.717) is 23.7 Å². The van der Waals surface area contributed by atoms with Crippen LogP contribution in [-0.2, 0) is 6.54 Å². The van der Waals surface area contributed by atoms with Gasteiger partial charge in [-0.3, -0.25) is 4.79 Å². The van der Waals surface area contributed by atoms with Gasteiger partial charge in [-0.15, -0.1) is 11.3 Å². The third-order valence-corrected chi connectivity index (χ3v) is 4.85. The first-order chi connectivity index (χ1) is 12.1. The highest BCUT2D eigenvalue weighted by Crippen LogP contribution is 2.25. The molecule has 1 amide bonds. The summed E-state index contributed by atoms with van der Waals surface area (Å²) in [6.07, 6.45) is 3.03. The maximum atomic E-state index is 12.3. The van der Waals surface area contributed by atoms with E-state index < -0.39 is 0 Å². The minimum Gasteiger partial charge on any atom is -0.497 e. The third kappa shape index (κ3) is 5.17. The Kier molecular flexibility index (Phi) is 7.21. The van der Waals surface area contributed by atoms with Crippen molar-refractivity contribution in [2.45, 2.75) is 38.8 Å². The van der Waals surface area contributed by atoms with Crippen LogP contribution in [0.2, 0.25) is 0 Å². The second-order valence-corrected chi connectivity index (χ2v) is 6.57. The molecule has 0 aliphatic rings. The Morgan fingerprint density at radius 1 is 1.36 bits per heavy atom. The number of thiazole rings is 1. The predicted molar refractivity (Wildman–Crippen MR) is 99.3 cm³/mol. The summed E-state index contributed by atoms with van der Waals surface area (Å²) < 4.78 is 10.5. The Balaban J connectivity index is 1.98. The monoisotopic (exact) mass is 363 g/mol.